The minimum atomic E-state index is -4.53. The summed E-state index contributed by atoms with van der Waals surface area (Å²) in [7, 11) is 0. The highest BCUT2D eigenvalue weighted by molar-refractivity contribution is 5.96. The molecule has 1 fully saturated rings. The van der Waals surface area contributed by atoms with Crippen molar-refractivity contribution in [1.82, 2.24) is 9.80 Å². The number of piperazine rings is 1. The van der Waals surface area contributed by atoms with Gasteiger partial charge in [0.1, 0.15) is 17.7 Å². The van der Waals surface area contributed by atoms with Crippen LogP contribution in [0.25, 0.3) is 0 Å². The van der Waals surface area contributed by atoms with Crippen molar-refractivity contribution in [1.29, 1.82) is 0 Å². The molecule has 4 amide bonds. The quantitative estimate of drug-likeness (QED) is 0.412. The van der Waals surface area contributed by atoms with Crippen LogP contribution in [0.2, 0.25) is 0 Å². The Morgan fingerprint density at radius 3 is 2.27 bits per heavy atom. The number of hydrogen-bond donors (Lipinski definition) is 2. The molecule has 0 bridgehead atoms. The lowest BCUT2D eigenvalue weighted by Gasteiger charge is -2.35. The molecule has 4 rings (SSSR count). The molecule has 1 aliphatic rings. The van der Waals surface area contributed by atoms with Gasteiger partial charge in [-0.15, -0.1) is 0 Å². The van der Waals surface area contributed by atoms with Crippen molar-refractivity contribution in [3.63, 3.8) is 0 Å². The monoisotopic (exact) mass is 558 g/mol. The minimum absolute atomic E-state index is 0.0232. The number of anilines is 1. The number of carbonyl (C=O) groups is 3. The van der Waals surface area contributed by atoms with Crippen LogP contribution in [0.5, 0.6) is 5.75 Å². The maximum absolute atomic E-state index is 13.5. The number of urea groups is 1. The Morgan fingerprint density at radius 2 is 1.60 bits per heavy atom. The number of halogens is 4. The van der Waals surface area contributed by atoms with Gasteiger partial charge in [0.2, 0.25) is 0 Å². The zero-order valence-electron chi connectivity index (χ0n) is 21.4. The van der Waals surface area contributed by atoms with E-state index in [1.165, 1.54) is 23.1 Å². The lowest BCUT2D eigenvalue weighted by atomic mass is 10.1. The number of primary amides is 1. The van der Waals surface area contributed by atoms with Crippen LogP contribution in [0.1, 0.15) is 44.9 Å². The number of nitrogens with two attached hydrogens (primary N) is 1. The van der Waals surface area contributed by atoms with E-state index >= 15 is 0 Å². The smallest absolute Gasteiger partial charge is 0.416 e. The normalized spacial score (nSPS) is 14.4. The molecule has 8 nitrogen and oxygen atoms in total. The SMILES string of the molecule is CC(Oc1ccc(F)cc1C(N)=O)c1cccc(C(=O)N2CCN(C(=O)Nc3cccc(C(F)(F)F)c3)CC2)c1. The average molecular weight is 559 g/mol. The number of benzene rings is 3. The van der Waals surface area contributed by atoms with E-state index in [2.05, 4.69) is 5.32 Å². The van der Waals surface area contributed by atoms with E-state index in [1.54, 1.807) is 36.1 Å². The van der Waals surface area contributed by atoms with Crippen molar-refractivity contribution in [2.24, 2.45) is 5.73 Å². The molecular weight excluding hydrogens is 532 g/mol. The summed E-state index contributed by atoms with van der Waals surface area (Å²) in [6, 6.07) is 14.0. The van der Waals surface area contributed by atoms with Gasteiger partial charge in [-0.1, -0.05) is 18.2 Å². The van der Waals surface area contributed by atoms with Gasteiger partial charge in [-0.3, -0.25) is 9.59 Å². The molecule has 1 atom stereocenters. The molecule has 0 aromatic heterocycles. The first-order valence-electron chi connectivity index (χ1n) is 12.3. The summed E-state index contributed by atoms with van der Waals surface area (Å²) in [6.07, 6.45) is -5.13. The number of amides is 4. The number of rotatable bonds is 6. The van der Waals surface area contributed by atoms with E-state index in [4.69, 9.17) is 10.5 Å². The van der Waals surface area contributed by atoms with Crippen molar-refractivity contribution < 1.29 is 36.7 Å². The molecule has 1 unspecified atom stereocenters. The third kappa shape index (κ3) is 6.68. The summed E-state index contributed by atoms with van der Waals surface area (Å²) >= 11 is 0. The maximum Gasteiger partial charge on any atom is 0.416 e. The molecule has 1 heterocycles. The summed E-state index contributed by atoms with van der Waals surface area (Å²) < 4.78 is 58.2. The summed E-state index contributed by atoms with van der Waals surface area (Å²) in [5.41, 5.74) is 5.39. The Bertz CT molecular complexity index is 1420. The Balaban J connectivity index is 1.36. The first kappa shape index (κ1) is 28.4. The summed E-state index contributed by atoms with van der Waals surface area (Å²) in [4.78, 5) is 40.4. The fourth-order valence-corrected chi connectivity index (χ4v) is 4.25. The van der Waals surface area contributed by atoms with Crippen LogP contribution in [0.15, 0.2) is 66.7 Å². The van der Waals surface area contributed by atoms with Crippen LogP contribution >= 0.6 is 0 Å². The van der Waals surface area contributed by atoms with Gasteiger partial charge in [-0.05, 0) is 61.0 Å². The van der Waals surface area contributed by atoms with Crippen molar-refractivity contribution in [3.8, 4) is 5.75 Å². The molecule has 12 heteroatoms. The first-order valence-corrected chi connectivity index (χ1v) is 12.3. The first-order chi connectivity index (χ1) is 18.9. The lowest BCUT2D eigenvalue weighted by molar-refractivity contribution is -0.137. The molecule has 0 saturated carbocycles. The number of nitrogens with zero attached hydrogens (tertiary/aromatic N) is 2. The van der Waals surface area contributed by atoms with Gasteiger partial charge in [0.05, 0.1) is 11.1 Å². The Morgan fingerprint density at radius 1 is 0.925 bits per heavy atom. The fraction of sp³-hybridized carbons (Fsp3) is 0.250. The third-order valence-electron chi connectivity index (χ3n) is 6.41. The molecule has 40 heavy (non-hydrogen) atoms. The van der Waals surface area contributed by atoms with Gasteiger partial charge < -0.3 is 25.6 Å². The highest BCUT2D eigenvalue weighted by atomic mass is 19.4. The Hall–Kier alpha value is -4.61. The van der Waals surface area contributed by atoms with Crippen molar-refractivity contribution in [2.45, 2.75) is 19.2 Å². The van der Waals surface area contributed by atoms with E-state index in [0.717, 1.165) is 24.3 Å². The molecule has 0 aliphatic carbocycles. The third-order valence-corrected chi connectivity index (χ3v) is 6.41. The highest BCUT2D eigenvalue weighted by Gasteiger charge is 2.31. The molecule has 3 aromatic rings. The lowest BCUT2D eigenvalue weighted by Crippen LogP contribution is -2.51. The van der Waals surface area contributed by atoms with E-state index in [9.17, 15) is 31.9 Å². The maximum atomic E-state index is 13.5. The second kappa shape index (κ2) is 11.6. The summed E-state index contributed by atoms with van der Waals surface area (Å²) in [6.45, 7) is 2.54. The van der Waals surface area contributed by atoms with Crippen LogP contribution in [-0.2, 0) is 6.18 Å². The predicted molar refractivity (Wildman–Crippen MR) is 138 cm³/mol. The van der Waals surface area contributed by atoms with Crippen LogP contribution in [0.3, 0.4) is 0 Å². The second-order valence-corrected chi connectivity index (χ2v) is 9.18. The molecular formula is C28H26F4N4O4. The van der Waals surface area contributed by atoms with Gasteiger partial charge in [0.25, 0.3) is 11.8 Å². The second-order valence-electron chi connectivity index (χ2n) is 9.18. The standard InChI is InChI=1S/C28H26F4N4O4/c1-17(40-24-9-8-21(29)16-23(24)25(33)37)18-4-2-5-19(14-18)26(38)35-10-12-36(13-11-35)27(39)34-22-7-3-6-20(15-22)28(30,31)32/h2-9,14-17H,10-13H2,1H3,(H2,33,37)(H,34,39). The fourth-order valence-electron chi connectivity index (χ4n) is 4.25. The van der Waals surface area contributed by atoms with Crippen LogP contribution in [0, 0.1) is 5.82 Å². The number of carbonyl (C=O) groups excluding carboxylic acids is 3. The zero-order valence-corrected chi connectivity index (χ0v) is 21.4. The molecule has 210 valence electrons. The number of alkyl halides is 3. The molecule has 3 N–H and O–H groups in total. The molecule has 1 saturated heterocycles. The average Bonchev–Trinajstić information content (AvgIpc) is 2.93. The topological polar surface area (TPSA) is 105 Å². The Labute approximate surface area is 227 Å². The van der Waals surface area contributed by atoms with Crippen LogP contribution in [0.4, 0.5) is 28.0 Å². The van der Waals surface area contributed by atoms with E-state index in [1.807, 2.05) is 0 Å². The zero-order chi connectivity index (χ0) is 29.0. The molecule has 0 radical (unpaired) electrons. The minimum Gasteiger partial charge on any atom is -0.485 e. The van der Waals surface area contributed by atoms with E-state index in [0.29, 0.717) is 11.1 Å². The summed E-state index contributed by atoms with van der Waals surface area (Å²) in [5, 5.41) is 2.47. The summed E-state index contributed by atoms with van der Waals surface area (Å²) in [5.74, 6) is -1.63. The molecule has 1 aliphatic heterocycles. The van der Waals surface area contributed by atoms with E-state index in [-0.39, 0.29) is 49.1 Å². The van der Waals surface area contributed by atoms with Crippen LogP contribution < -0.4 is 15.8 Å². The number of ether oxygens (including phenoxy) is 1. The predicted octanol–water partition coefficient (Wildman–Crippen LogP) is 5.07. The Kier molecular flexibility index (Phi) is 8.26. The van der Waals surface area contributed by atoms with Gasteiger partial charge in [0.15, 0.2) is 0 Å². The van der Waals surface area contributed by atoms with Gasteiger partial charge in [-0.2, -0.15) is 13.2 Å². The van der Waals surface area contributed by atoms with Crippen molar-refractivity contribution in [3.05, 3.63) is 94.8 Å². The van der Waals surface area contributed by atoms with E-state index < -0.39 is 35.6 Å². The number of nitrogens with one attached hydrogen (secondary N) is 1. The molecule has 0 spiro atoms. The van der Waals surface area contributed by atoms with Gasteiger partial charge in [0, 0.05) is 37.4 Å². The van der Waals surface area contributed by atoms with Crippen LogP contribution in [-0.4, -0.2) is 53.8 Å². The van der Waals surface area contributed by atoms with Gasteiger partial charge in [-0.25, -0.2) is 9.18 Å². The largest absolute Gasteiger partial charge is 0.485 e. The highest BCUT2D eigenvalue weighted by Crippen LogP contribution is 2.31. The molecule has 3 aromatic carbocycles. The number of hydrogen-bond acceptors (Lipinski definition) is 4. The van der Waals surface area contributed by atoms with Gasteiger partial charge >= 0.3 is 12.2 Å². The van der Waals surface area contributed by atoms with Crippen molar-refractivity contribution in [2.75, 3.05) is 31.5 Å². The van der Waals surface area contributed by atoms with Crippen molar-refractivity contribution >= 4 is 23.5 Å².